The second-order valence-corrected chi connectivity index (χ2v) is 10.6. The average Bonchev–Trinajstić information content (AvgIpc) is 2.88. The van der Waals surface area contributed by atoms with E-state index < -0.39 is 11.9 Å². The number of nitrogens with one attached hydrogen (secondary N) is 2. The molecule has 3 aromatic carbocycles. The summed E-state index contributed by atoms with van der Waals surface area (Å²) in [6.07, 6.45) is 1.51. The van der Waals surface area contributed by atoms with Crippen LogP contribution < -0.4 is 20.2 Å². The predicted molar refractivity (Wildman–Crippen MR) is 159 cm³/mol. The normalized spacial score (nSPS) is 11.9. The summed E-state index contributed by atoms with van der Waals surface area (Å²) in [5.74, 6) is 0.222. The summed E-state index contributed by atoms with van der Waals surface area (Å²) in [4.78, 5) is 25.3. The van der Waals surface area contributed by atoms with Gasteiger partial charge in [-0.05, 0) is 77.4 Å². The van der Waals surface area contributed by atoms with Crippen molar-refractivity contribution >= 4 is 63.8 Å². The number of nitrogens with zero attached hydrogens (tertiary/aromatic N) is 1. The Morgan fingerprint density at radius 3 is 2.45 bits per heavy atom. The first-order chi connectivity index (χ1) is 18.2. The molecule has 0 saturated carbocycles. The van der Waals surface area contributed by atoms with Crippen molar-refractivity contribution < 1.29 is 19.1 Å². The lowest BCUT2D eigenvalue weighted by atomic mass is 10.0. The van der Waals surface area contributed by atoms with E-state index >= 15 is 0 Å². The SMILES string of the molecule is CCOc1cc(/C=N/NC(=O)C(NC(=O)c2ccccc2)C(C)C)cc(I)c1OCc1ccc(Cl)cc1Cl. The minimum absolute atomic E-state index is 0.144. The van der Waals surface area contributed by atoms with E-state index in [9.17, 15) is 9.59 Å². The molecule has 7 nitrogen and oxygen atoms in total. The number of hydrogen-bond donors (Lipinski definition) is 2. The largest absolute Gasteiger partial charge is 0.490 e. The Balaban J connectivity index is 1.69. The maximum atomic E-state index is 12.8. The lowest BCUT2D eigenvalue weighted by molar-refractivity contribution is -0.123. The molecule has 0 fully saturated rings. The van der Waals surface area contributed by atoms with E-state index in [-0.39, 0.29) is 18.4 Å². The molecule has 0 heterocycles. The Kier molecular flexibility index (Phi) is 11.2. The predicted octanol–water partition coefficient (Wildman–Crippen LogP) is 6.48. The van der Waals surface area contributed by atoms with Crippen LogP contribution in [0.15, 0.2) is 65.8 Å². The van der Waals surface area contributed by atoms with Gasteiger partial charge in [-0.3, -0.25) is 9.59 Å². The molecule has 0 aliphatic heterocycles. The number of amides is 2. The van der Waals surface area contributed by atoms with Crippen molar-refractivity contribution in [1.82, 2.24) is 10.7 Å². The fourth-order valence-electron chi connectivity index (χ4n) is 3.44. The summed E-state index contributed by atoms with van der Waals surface area (Å²) >= 11 is 14.4. The van der Waals surface area contributed by atoms with Gasteiger partial charge in [0.05, 0.1) is 16.4 Å². The monoisotopic (exact) mass is 667 g/mol. The van der Waals surface area contributed by atoms with Gasteiger partial charge in [-0.15, -0.1) is 0 Å². The number of ether oxygens (including phenoxy) is 2. The summed E-state index contributed by atoms with van der Waals surface area (Å²) in [7, 11) is 0. The van der Waals surface area contributed by atoms with Crippen LogP contribution in [0.3, 0.4) is 0 Å². The molecular weight excluding hydrogens is 640 g/mol. The molecule has 0 spiro atoms. The minimum atomic E-state index is -0.755. The molecule has 2 N–H and O–H groups in total. The molecular formula is C28H28Cl2IN3O4. The van der Waals surface area contributed by atoms with Gasteiger partial charge in [0, 0.05) is 21.2 Å². The lowest BCUT2D eigenvalue weighted by Crippen LogP contribution is -2.48. The molecule has 3 rings (SSSR count). The molecule has 0 radical (unpaired) electrons. The molecule has 10 heteroatoms. The lowest BCUT2D eigenvalue weighted by Gasteiger charge is -2.20. The number of carbonyl (C=O) groups excluding carboxylic acids is 2. The quantitative estimate of drug-likeness (QED) is 0.139. The van der Waals surface area contributed by atoms with Crippen molar-refractivity contribution in [2.24, 2.45) is 11.0 Å². The van der Waals surface area contributed by atoms with Gasteiger partial charge in [0.25, 0.3) is 11.8 Å². The van der Waals surface area contributed by atoms with Crippen LogP contribution in [0, 0.1) is 9.49 Å². The third kappa shape index (κ3) is 8.34. The topological polar surface area (TPSA) is 89.0 Å². The van der Waals surface area contributed by atoms with Gasteiger partial charge < -0.3 is 14.8 Å². The van der Waals surface area contributed by atoms with Crippen LogP contribution in [-0.4, -0.2) is 30.7 Å². The van der Waals surface area contributed by atoms with E-state index in [0.29, 0.717) is 39.3 Å². The maximum absolute atomic E-state index is 12.8. The molecule has 2 amide bonds. The molecule has 38 heavy (non-hydrogen) atoms. The zero-order chi connectivity index (χ0) is 27.7. The van der Waals surface area contributed by atoms with Crippen LogP contribution >= 0.6 is 45.8 Å². The van der Waals surface area contributed by atoms with Crippen molar-refractivity contribution in [3.8, 4) is 11.5 Å². The van der Waals surface area contributed by atoms with Crippen LogP contribution in [-0.2, 0) is 11.4 Å². The van der Waals surface area contributed by atoms with Crippen molar-refractivity contribution in [2.75, 3.05) is 6.61 Å². The summed E-state index contributed by atoms with van der Waals surface area (Å²) < 4.78 is 12.6. The molecule has 0 bridgehead atoms. The molecule has 0 aliphatic rings. The van der Waals surface area contributed by atoms with Crippen LogP contribution in [0.1, 0.15) is 42.3 Å². The van der Waals surface area contributed by atoms with Crippen molar-refractivity contribution in [3.05, 3.63) is 91.0 Å². The number of rotatable bonds is 11. The molecule has 0 saturated heterocycles. The van der Waals surface area contributed by atoms with Crippen LogP contribution in [0.4, 0.5) is 0 Å². The first-order valence-electron chi connectivity index (χ1n) is 11.9. The number of benzene rings is 3. The van der Waals surface area contributed by atoms with E-state index in [0.717, 1.165) is 9.13 Å². The Morgan fingerprint density at radius 2 is 1.79 bits per heavy atom. The molecule has 0 aromatic heterocycles. The van der Waals surface area contributed by atoms with E-state index in [1.165, 1.54) is 6.21 Å². The highest BCUT2D eigenvalue weighted by Gasteiger charge is 2.24. The summed E-state index contributed by atoms with van der Waals surface area (Å²) in [5, 5.41) is 7.95. The van der Waals surface area contributed by atoms with Gasteiger partial charge >= 0.3 is 0 Å². The Hall–Kier alpha value is -2.82. The molecule has 200 valence electrons. The van der Waals surface area contributed by atoms with Gasteiger partial charge in [-0.1, -0.05) is 61.3 Å². The van der Waals surface area contributed by atoms with Gasteiger partial charge in [0.2, 0.25) is 0 Å². The number of carbonyl (C=O) groups is 2. The second kappa shape index (κ2) is 14.4. The van der Waals surface area contributed by atoms with Gasteiger partial charge in [0.15, 0.2) is 11.5 Å². The van der Waals surface area contributed by atoms with E-state index in [1.807, 2.05) is 39.0 Å². The third-order valence-corrected chi connectivity index (χ3v) is 6.77. The van der Waals surface area contributed by atoms with Gasteiger partial charge in [-0.2, -0.15) is 5.10 Å². The fourth-order valence-corrected chi connectivity index (χ4v) is 4.69. The third-order valence-electron chi connectivity index (χ3n) is 5.38. The highest BCUT2D eigenvalue weighted by Crippen LogP contribution is 2.35. The highest BCUT2D eigenvalue weighted by atomic mass is 127. The summed E-state index contributed by atoms with van der Waals surface area (Å²) in [6, 6.07) is 16.9. The molecule has 1 unspecified atom stereocenters. The van der Waals surface area contributed by atoms with E-state index in [4.69, 9.17) is 32.7 Å². The zero-order valence-electron chi connectivity index (χ0n) is 21.1. The maximum Gasteiger partial charge on any atom is 0.262 e. The Morgan fingerprint density at radius 1 is 1.05 bits per heavy atom. The smallest absolute Gasteiger partial charge is 0.262 e. The Labute approximate surface area is 246 Å². The van der Waals surface area contributed by atoms with Crippen molar-refractivity contribution in [3.63, 3.8) is 0 Å². The summed E-state index contributed by atoms with van der Waals surface area (Å²) in [6.45, 7) is 6.25. The van der Waals surface area contributed by atoms with Crippen molar-refractivity contribution in [2.45, 2.75) is 33.4 Å². The number of hydrazone groups is 1. The van der Waals surface area contributed by atoms with Gasteiger partial charge in [0.1, 0.15) is 12.6 Å². The first kappa shape index (κ1) is 29.7. The zero-order valence-corrected chi connectivity index (χ0v) is 24.8. The summed E-state index contributed by atoms with van der Waals surface area (Å²) in [5.41, 5.74) is 4.50. The average molecular weight is 668 g/mol. The van der Waals surface area contributed by atoms with Crippen LogP contribution in [0.25, 0.3) is 0 Å². The second-order valence-electron chi connectivity index (χ2n) is 8.58. The number of halogens is 3. The first-order valence-corrected chi connectivity index (χ1v) is 13.7. The fraction of sp³-hybridized carbons (Fsp3) is 0.250. The Bertz CT molecular complexity index is 1300. The minimum Gasteiger partial charge on any atom is -0.490 e. The van der Waals surface area contributed by atoms with Crippen molar-refractivity contribution in [1.29, 1.82) is 0 Å². The standard InChI is InChI=1S/C28H28Cl2IN3O4/c1-4-37-24-13-18(12-23(31)26(24)38-16-20-10-11-21(29)14-22(20)30)15-32-34-28(36)25(17(2)3)33-27(35)19-8-6-5-7-9-19/h5-15,17,25H,4,16H2,1-3H3,(H,33,35)(H,34,36)/b32-15+. The van der Waals surface area contributed by atoms with E-state index in [2.05, 4.69) is 38.4 Å². The van der Waals surface area contributed by atoms with Crippen LogP contribution in [0.2, 0.25) is 10.0 Å². The van der Waals surface area contributed by atoms with Gasteiger partial charge in [-0.25, -0.2) is 5.43 Å². The molecule has 3 aromatic rings. The number of hydrogen-bond acceptors (Lipinski definition) is 5. The highest BCUT2D eigenvalue weighted by molar-refractivity contribution is 14.1. The molecule has 0 aliphatic carbocycles. The molecule has 1 atom stereocenters. The van der Waals surface area contributed by atoms with Crippen LogP contribution in [0.5, 0.6) is 11.5 Å². The van der Waals surface area contributed by atoms with E-state index in [1.54, 1.807) is 42.5 Å².